The number of rotatable bonds is 10. The van der Waals surface area contributed by atoms with Gasteiger partial charge in [-0.15, -0.1) is 0 Å². The molecule has 0 amide bonds. The molecule has 0 unspecified atom stereocenters. The van der Waals surface area contributed by atoms with E-state index in [-0.39, 0.29) is 6.61 Å². The molecule has 0 saturated carbocycles. The molecule has 35 heavy (non-hydrogen) atoms. The van der Waals surface area contributed by atoms with Crippen LogP contribution in [0.2, 0.25) is 0 Å². The Morgan fingerprint density at radius 2 is 1.71 bits per heavy atom. The first-order valence-electron chi connectivity index (χ1n) is 11.5. The number of H-pyrrole nitrogens is 2. The number of hydrogen-bond acceptors (Lipinski definition) is 7. The molecular formula is C26H28N6O3. The Hall–Kier alpha value is -3.79. The lowest BCUT2D eigenvalue weighted by molar-refractivity contribution is 0.125. The largest absolute Gasteiger partial charge is 0.497 e. The van der Waals surface area contributed by atoms with Crippen LogP contribution in [0.15, 0.2) is 54.6 Å². The quantitative estimate of drug-likeness (QED) is 0.285. The standard InChI is InChI=1S/C26H28N6O3/c1-34-12-10-32(9-11-33)16-24-27-26(31-29-24)20-6-8-23-22(15-20)25(30-28-23)19-4-3-18-14-21(35-2)7-5-17(18)13-19/h3-8,13-15,33H,9-12,16H2,1-2H3,(H,28,30)(H,27,29,31). The van der Waals surface area contributed by atoms with Gasteiger partial charge in [-0.25, -0.2) is 4.98 Å². The monoisotopic (exact) mass is 472 g/mol. The van der Waals surface area contributed by atoms with Gasteiger partial charge in [0.2, 0.25) is 0 Å². The van der Waals surface area contributed by atoms with Crippen LogP contribution in [0.5, 0.6) is 5.75 Å². The molecule has 180 valence electrons. The molecular weight excluding hydrogens is 444 g/mol. The first-order chi connectivity index (χ1) is 17.2. The Balaban J connectivity index is 1.43. The minimum Gasteiger partial charge on any atom is -0.497 e. The fraction of sp³-hybridized carbons (Fsp3) is 0.269. The van der Waals surface area contributed by atoms with Gasteiger partial charge in [0.1, 0.15) is 11.6 Å². The molecule has 5 rings (SSSR count). The number of ether oxygens (including phenoxy) is 2. The van der Waals surface area contributed by atoms with E-state index in [1.165, 1.54) is 0 Å². The van der Waals surface area contributed by atoms with Gasteiger partial charge in [0.15, 0.2) is 5.82 Å². The molecule has 2 aromatic heterocycles. The summed E-state index contributed by atoms with van der Waals surface area (Å²) in [4.78, 5) is 6.76. The molecule has 0 aliphatic heterocycles. The fourth-order valence-electron chi connectivity index (χ4n) is 4.21. The van der Waals surface area contributed by atoms with E-state index >= 15 is 0 Å². The average Bonchev–Trinajstić information content (AvgIpc) is 3.53. The summed E-state index contributed by atoms with van der Waals surface area (Å²) in [6.45, 7) is 2.46. The van der Waals surface area contributed by atoms with E-state index in [0.717, 1.165) is 50.1 Å². The molecule has 0 bridgehead atoms. The van der Waals surface area contributed by atoms with Crippen LogP contribution in [0, 0.1) is 0 Å². The van der Waals surface area contributed by atoms with E-state index in [1.807, 2.05) is 24.3 Å². The van der Waals surface area contributed by atoms with Crippen LogP contribution >= 0.6 is 0 Å². The predicted molar refractivity (Wildman–Crippen MR) is 135 cm³/mol. The van der Waals surface area contributed by atoms with E-state index in [9.17, 15) is 5.11 Å². The second-order valence-electron chi connectivity index (χ2n) is 8.36. The smallest absolute Gasteiger partial charge is 0.181 e. The maximum Gasteiger partial charge on any atom is 0.181 e. The van der Waals surface area contributed by atoms with Gasteiger partial charge in [-0.05, 0) is 47.2 Å². The molecule has 0 aliphatic rings. The van der Waals surface area contributed by atoms with Crippen molar-refractivity contribution in [2.45, 2.75) is 6.54 Å². The third-order valence-corrected chi connectivity index (χ3v) is 6.07. The molecule has 0 saturated heterocycles. The summed E-state index contributed by atoms with van der Waals surface area (Å²) in [5.41, 5.74) is 3.75. The number of methoxy groups -OCH3 is 2. The summed E-state index contributed by atoms with van der Waals surface area (Å²) in [5, 5.41) is 27.8. The number of nitrogens with one attached hydrogen (secondary N) is 2. The van der Waals surface area contributed by atoms with Gasteiger partial charge >= 0.3 is 0 Å². The van der Waals surface area contributed by atoms with Crippen LogP contribution < -0.4 is 4.74 Å². The van der Waals surface area contributed by atoms with Crippen molar-refractivity contribution in [3.05, 3.63) is 60.4 Å². The van der Waals surface area contributed by atoms with Crippen LogP contribution in [0.4, 0.5) is 0 Å². The summed E-state index contributed by atoms with van der Waals surface area (Å²) in [7, 11) is 3.34. The molecule has 2 heterocycles. The number of aromatic nitrogens is 5. The second kappa shape index (κ2) is 10.2. The van der Waals surface area contributed by atoms with E-state index in [4.69, 9.17) is 9.47 Å². The Morgan fingerprint density at radius 3 is 2.54 bits per heavy atom. The SMILES string of the molecule is COCCN(CCO)Cc1nc(-c2ccc3[nH]nc(-c4ccc5cc(OC)ccc5c4)c3c2)n[nH]1. The number of aliphatic hydroxyl groups is 1. The summed E-state index contributed by atoms with van der Waals surface area (Å²) < 4.78 is 10.5. The Morgan fingerprint density at radius 1 is 0.886 bits per heavy atom. The third kappa shape index (κ3) is 4.88. The van der Waals surface area contributed by atoms with Crippen molar-refractivity contribution in [2.24, 2.45) is 0 Å². The van der Waals surface area contributed by atoms with Gasteiger partial charge in [-0.1, -0.05) is 18.2 Å². The first-order valence-corrected chi connectivity index (χ1v) is 11.5. The number of benzene rings is 3. The van der Waals surface area contributed by atoms with Crippen molar-refractivity contribution in [2.75, 3.05) is 40.5 Å². The van der Waals surface area contributed by atoms with Crippen molar-refractivity contribution in [3.8, 4) is 28.4 Å². The molecule has 5 aromatic rings. The molecule has 0 radical (unpaired) electrons. The normalized spacial score (nSPS) is 11.7. The lowest BCUT2D eigenvalue weighted by Gasteiger charge is -2.18. The number of nitrogens with zero attached hydrogens (tertiary/aromatic N) is 4. The fourth-order valence-corrected chi connectivity index (χ4v) is 4.21. The molecule has 9 nitrogen and oxygen atoms in total. The number of fused-ring (bicyclic) bond motifs is 2. The topological polar surface area (TPSA) is 112 Å². The van der Waals surface area contributed by atoms with Gasteiger partial charge in [0.05, 0.1) is 38.1 Å². The van der Waals surface area contributed by atoms with E-state index in [0.29, 0.717) is 32.1 Å². The highest BCUT2D eigenvalue weighted by atomic mass is 16.5. The summed E-state index contributed by atoms with van der Waals surface area (Å²) in [5.74, 6) is 2.20. The molecule has 0 atom stereocenters. The zero-order valence-electron chi connectivity index (χ0n) is 19.8. The highest BCUT2D eigenvalue weighted by Crippen LogP contribution is 2.32. The van der Waals surface area contributed by atoms with Crippen molar-refractivity contribution >= 4 is 21.7 Å². The van der Waals surface area contributed by atoms with Crippen LogP contribution in [-0.2, 0) is 11.3 Å². The predicted octanol–water partition coefficient (Wildman–Crippen LogP) is 3.62. The Labute approximate surface area is 202 Å². The van der Waals surface area contributed by atoms with Gasteiger partial charge in [-0.2, -0.15) is 10.2 Å². The van der Waals surface area contributed by atoms with E-state index in [1.54, 1.807) is 14.2 Å². The number of aromatic amines is 2. The molecule has 0 aliphatic carbocycles. The van der Waals surface area contributed by atoms with Crippen LogP contribution in [0.3, 0.4) is 0 Å². The number of aliphatic hydroxyl groups excluding tert-OH is 1. The third-order valence-electron chi connectivity index (χ3n) is 6.07. The minimum absolute atomic E-state index is 0.0763. The van der Waals surface area contributed by atoms with Crippen molar-refractivity contribution in [1.29, 1.82) is 0 Å². The Kier molecular flexibility index (Phi) is 6.71. The van der Waals surface area contributed by atoms with Crippen molar-refractivity contribution < 1.29 is 14.6 Å². The molecule has 3 aromatic carbocycles. The zero-order valence-corrected chi connectivity index (χ0v) is 19.8. The molecule has 0 fully saturated rings. The number of hydrogen-bond donors (Lipinski definition) is 3. The lowest BCUT2D eigenvalue weighted by atomic mass is 10.0. The van der Waals surface area contributed by atoms with Crippen molar-refractivity contribution in [3.63, 3.8) is 0 Å². The maximum absolute atomic E-state index is 9.34. The summed E-state index contributed by atoms with van der Waals surface area (Å²) >= 11 is 0. The molecule has 3 N–H and O–H groups in total. The first kappa shape index (κ1) is 23.0. The minimum atomic E-state index is 0.0763. The molecule has 9 heteroatoms. The second-order valence-corrected chi connectivity index (χ2v) is 8.36. The highest BCUT2D eigenvalue weighted by Gasteiger charge is 2.14. The van der Waals surface area contributed by atoms with Gasteiger partial charge in [-0.3, -0.25) is 15.1 Å². The van der Waals surface area contributed by atoms with E-state index in [2.05, 4.69) is 60.6 Å². The van der Waals surface area contributed by atoms with Gasteiger partial charge in [0, 0.05) is 36.7 Å². The summed E-state index contributed by atoms with van der Waals surface area (Å²) in [6.07, 6.45) is 0. The maximum atomic E-state index is 9.34. The van der Waals surface area contributed by atoms with Crippen LogP contribution in [-0.4, -0.2) is 75.9 Å². The molecule has 0 spiro atoms. The zero-order chi connectivity index (χ0) is 24.2. The van der Waals surface area contributed by atoms with Gasteiger partial charge < -0.3 is 14.6 Å². The van der Waals surface area contributed by atoms with Gasteiger partial charge in [0.25, 0.3) is 0 Å². The lowest BCUT2D eigenvalue weighted by Crippen LogP contribution is -2.30. The average molecular weight is 473 g/mol. The van der Waals surface area contributed by atoms with Crippen LogP contribution in [0.1, 0.15) is 5.82 Å². The van der Waals surface area contributed by atoms with E-state index < -0.39 is 0 Å². The Bertz CT molecular complexity index is 1440. The van der Waals surface area contributed by atoms with Crippen molar-refractivity contribution in [1.82, 2.24) is 30.3 Å². The van der Waals surface area contributed by atoms with Crippen LogP contribution in [0.25, 0.3) is 44.3 Å². The summed E-state index contributed by atoms with van der Waals surface area (Å²) in [6, 6.07) is 18.4. The highest BCUT2D eigenvalue weighted by molar-refractivity contribution is 5.97.